The van der Waals surface area contributed by atoms with Crippen molar-refractivity contribution in [2.24, 2.45) is 17.3 Å². The van der Waals surface area contributed by atoms with Gasteiger partial charge in [-0.1, -0.05) is 19.9 Å². The number of cyclic esters (lactones) is 1. The molecule has 15 heteroatoms. The van der Waals surface area contributed by atoms with E-state index in [1.165, 1.54) is 13.8 Å². The predicted octanol–water partition coefficient (Wildman–Crippen LogP) is 3.09. The van der Waals surface area contributed by atoms with E-state index in [2.05, 4.69) is 5.32 Å². The summed E-state index contributed by atoms with van der Waals surface area (Å²) < 4.78 is 30.3. The maximum Gasteiger partial charge on any atom is 0.321 e. The van der Waals surface area contributed by atoms with E-state index in [1.54, 1.807) is 62.1 Å². The van der Waals surface area contributed by atoms with E-state index >= 15 is 0 Å². The number of amides is 3. The first kappa shape index (κ1) is 44.4. The summed E-state index contributed by atoms with van der Waals surface area (Å²) >= 11 is 0. The first-order chi connectivity index (χ1) is 25.7. The number of likely N-dealkylation sites (N-methyl/N-ethyl adjacent to an activating group) is 2. The van der Waals surface area contributed by atoms with E-state index < -0.39 is 59.3 Å². The average Bonchev–Trinajstić information content (AvgIpc) is 3.13. The number of hydrogen-bond donors (Lipinski definition) is 2. The highest BCUT2D eigenvalue weighted by atomic mass is 16.7. The lowest BCUT2D eigenvalue weighted by Gasteiger charge is -2.47. The van der Waals surface area contributed by atoms with Crippen LogP contribution in [-0.2, 0) is 33.3 Å². The topological polar surface area (TPSA) is 160 Å². The first-order valence-corrected chi connectivity index (χ1v) is 19.4. The second-order valence-corrected chi connectivity index (χ2v) is 16.7. The second-order valence-electron chi connectivity index (χ2n) is 16.7. The molecular formula is C40H65N5O10. The Hall–Kier alpha value is -3.34. The van der Waals surface area contributed by atoms with E-state index in [1.807, 2.05) is 51.7 Å². The molecule has 3 saturated heterocycles. The highest BCUT2D eigenvalue weighted by Crippen LogP contribution is 2.38. The number of esters is 1. The molecule has 3 fully saturated rings. The monoisotopic (exact) mass is 775 g/mol. The van der Waals surface area contributed by atoms with Crippen LogP contribution in [0.4, 0.5) is 10.5 Å². The fourth-order valence-electron chi connectivity index (χ4n) is 8.42. The van der Waals surface area contributed by atoms with Crippen LogP contribution in [0.15, 0.2) is 24.3 Å². The van der Waals surface area contributed by atoms with Crippen molar-refractivity contribution in [2.75, 3.05) is 73.4 Å². The molecule has 3 heterocycles. The minimum atomic E-state index is -1.62. The molecule has 0 bridgehead atoms. The van der Waals surface area contributed by atoms with Crippen molar-refractivity contribution in [3.8, 4) is 5.75 Å². The Morgan fingerprint density at radius 1 is 1.00 bits per heavy atom. The fraction of sp³-hybridized carbons (Fsp3) is 0.750. The molecule has 0 aliphatic carbocycles. The van der Waals surface area contributed by atoms with Gasteiger partial charge >= 0.3 is 12.0 Å². The molecule has 310 valence electrons. The Bertz CT molecular complexity index is 1500. The number of carbonyl (C=O) groups is 4. The van der Waals surface area contributed by atoms with Crippen LogP contribution in [0.5, 0.6) is 5.75 Å². The number of carbonyl (C=O) groups excluding carboxylic acids is 4. The van der Waals surface area contributed by atoms with E-state index in [0.29, 0.717) is 43.9 Å². The smallest absolute Gasteiger partial charge is 0.321 e. The molecule has 0 unspecified atom stereocenters. The number of ether oxygens (including phenoxy) is 5. The largest absolute Gasteiger partial charge is 0.497 e. The molecule has 3 amide bonds. The SMILES string of the molecule is COc1cccc(NC(=O)N2CCN(C(=O)[C@H]3[C@H](C)OC(=O)C(C)(C)C(=O)[C@H](C)[C@@H](O[C@@H]4O[C@H](C)C[C@H](N(C)C)[C@H]4O)[C@](C)(OC)C[C@@H](C)CN3C)CC2)c1. The highest BCUT2D eigenvalue weighted by molar-refractivity contribution is 6.04. The number of aliphatic hydroxyl groups is 1. The number of nitrogens with one attached hydrogen (secondary N) is 1. The Kier molecular flexibility index (Phi) is 14.8. The van der Waals surface area contributed by atoms with Gasteiger partial charge in [0.25, 0.3) is 0 Å². The number of Topliss-reactive ketones (excluding diaryl/α,β-unsaturated/α-hetero) is 1. The van der Waals surface area contributed by atoms with Crippen LogP contribution in [0.3, 0.4) is 0 Å². The molecule has 2 N–H and O–H groups in total. The molecule has 0 spiro atoms. The third-order valence-corrected chi connectivity index (χ3v) is 11.6. The Morgan fingerprint density at radius 2 is 1.64 bits per heavy atom. The number of ketones is 1. The van der Waals surface area contributed by atoms with Gasteiger partial charge in [-0.05, 0) is 86.7 Å². The normalized spacial score (nSPS) is 34.3. The van der Waals surface area contributed by atoms with Crippen LogP contribution in [0.2, 0.25) is 0 Å². The molecule has 15 nitrogen and oxygen atoms in total. The molecule has 1 aromatic carbocycles. The van der Waals surface area contributed by atoms with Crippen molar-refractivity contribution in [1.29, 1.82) is 0 Å². The maximum atomic E-state index is 14.4. The van der Waals surface area contributed by atoms with Gasteiger partial charge in [-0.15, -0.1) is 0 Å². The van der Waals surface area contributed by atoms with Crippen LogP contribution >= 0.6 is 0 Å². The van der Waals surface area contributed by atoms with Crippen molar-refractivity contribution in [1.82, 2.24) is 19.6 Å². The van der Waals surface area contributed by atoms with Gasteiger partial charge in [0.1, 0.15) is 29.4 Å². The molecule has 3 aliphatic heterocycles. The van der Waals surface area contributed by atoms with Crippen molar-refractivity contribution in [3.63, 3.8) is 0 Å². The molecule has 1 aromatic rings. The average molecular weight is 776 g/mol. The number of urea groups is 1. The third kappa shape index (κ3) is 10.2. The number of rotatable bonds is 7. The zero-order valence-electron chi connectivity index (χ0n) is 34.9. The van der Waals surface area contributed by atoms with Crippen molar-refractivity contribution in [2.45, 2.75) is 110 Å². The minimum absolute atomic E-state index is 0.0990. The zero-order chi connectivity index (χ0) is 41.0. The lowest BCUT2D eigenvalue weighted by molar-refractivity contribution is -0.295. The van der Waals surface area contributed by atoms with Gasteiger partial charge in [0.05, 0.1) is 24.9 Å². The van der Waals surface area contributed by atoms with Crippen LogP contribution in [-0.4, -0.2) is 165 Å². The zero-order valence-corrected chi connectivity index (χ0v) is 34.9. The summed E-state index contributed by atoms with van der Waals surface area (Å²) in [6, 6.07) is 5.70. The van der Waals surface area contributed by atoms with Gasteiger partial charge in [0.15, 0.2) is 12.1 Å². The Morgan fingerprint density at radius 3 is 2.24 bits per heavy atom. The summed E-state index contributed by atoms with van der Waals surface area (Å²) in [6.07, 6.45) is -3.09. The van der Waals surface area contributed by atoms with Crippen molar-refractivity contribution < 1.29 is 48.0 Å². The van der Waals surface area contributed by atoms with Gasteiger partial charge in [0, 0.05) is 63.5 Å². The van der Waals surface area contributed by atoms with Gasteiger partial charge in [-0.3, -0.25) is 19.3 Å². The van der Waals surface area contributed by atoms with Gasteiger partial charge in [-0.25, -0.2) is 4.79 Å². The highest BCUT2D eigenvalue weighted by Gasteiger charge is 2.52. The van der Waals surface area contributed by atoms with Crippen molar-refractivity contribution >= 4 is 29.4 Å². The number of aliphatic hydroxyl groups excluding tert-OH is 1. The number of hydrogen-bond acceptors (Lipinski definition) is 12. The van der Waals surface area contributed by atoms with E-state index in [-0.39, 0.29) is 43.1 Å². The van der Waals surface area contributed by atoms with E-state index in [4.69, 9.17) is 23.7 Å². The van der Waals surface area contributed by atoms with E-state index in [0.717, 1.165) is 0 Å². The standard InChI is InChI=1S/C40H65N5O10/c1-24-22-40(7,52-12)34(55-36-32(46)30(42(8)9)20-25(2)53-36)26(3)33(47)39(5,6)37(49)54-27(4)31(43(10)23-24)35(48)44-16-18-45(19-17-44)38(50)41-28-14-13-15-29(21-28)51-11/h13-15,21,24-27,30-32,34,36,46H,16-20,22-23H2,1-12H3,(H,41,50)/t24-,25-,26+,27+,30+,31-,32-,34-,36+,40-/m1/s1. The lowest BCUT2D eigenvalue weighted by Crippen LogP contribution is -2.59. The summed E-state index contributed by atoms with van der Waals surface area (Å²) in [5.41, 5.74) is -2.10. The quantitative estimate of drug-likeness (QED) is 0.309. The van der Waals surface area contributed by atoms with Crippen LogP contribution in [0.1, 0.15) is 61.3 Å². The summed E-state index contributed by atoms with van der Waals surface area (Å²) in [6.45, 7) is 13.9. The van der Waals surface area contributed by atoms with Gasteiger partial charge in [-0.2, -0.15) is 0 Å². The molecule has 3 aliphatic rings. The summed E-state index contributed by atoms with van der Waals surface area (Å²) in [5.74, 6) is -1.78. The Labute approximate surface area is 326 Å². The van der Waals surface area contributed by atoms with E-state index in [9.17, 15) is 24.3 Å². The minimum Gasteiger partial charge on any atom is -0.497 e. The lowest BCUT2D eigenvalue weighted by atomic mass is 9.74. The second kappa shape index (κ2) is 18.3. The van der Waals surface area contributed by atoms with Crippen molar-refractivity contribution in [3.05, 3.63) is 24.3 Å². The summed E-state index contributed by atoms with van der Waals surface area (Å²) in [7, 11) is 8.73. The van der Waals surface area contributed by atoms with Crippen LogP contribution in [0, 0.1) is 17.3 Å². The Balaban J connectivity index is 1.57. The molecular weight excluding hydrogens is 710 g/mol. The van der Waals surface area contributed by atoms with Gasteiger partial charge < -0.3 is 48.8 Å². The van der Waals surface area contributed by atoms with Gasteiger partial charge in [0.2, 0.25) is 5.91 Å². The number of anilines is 1. The molecule has 0 radical (unpaired) electrons. The maximum absolute atomic E-state index is 14.4. The molecule has 0 aromatic heterocycles. The van der Waals surface area contributed by atoms with Crippen LogP contribution in [0.25, 0.3) is 0 Å². The molecule has 10 atom stereocenters. The predicted molar refractivity (Wildman–Crippen MR) is 207 cm³/mol. The fourth-order valence-corrected chi connectivity index (χ4v) is 8.42. The third-order valence-electron chi connectivity index (χ3n) is 11.6. The summed E-state index contributed by atoms with van der Waals surface area (Å²) in [5, 5.41) is 14.3. The molecule has 0 saturated carbocycles. The number of methoxy groups -OCH3 is 2. The number of piperazine rings is 1. The first-order valence-electron chi connectivity index (χ1n) is 19.4. The number of nitrogens with zero attached hydrogens (tertiary/aromatic N) is 4. The van der Waals surface area contributed by atoms with Crippen LogP contribution < -0.4 is 10.1 Å². The summed E-state index contributed by atoms with van der Waals surface area (Å²) in [4.78, 5) is 63.1. The number of benzene rings is 1. The molecule has 4 rings (SSSR count). The molecule has 55 heavy (non-hydrogen) atoms.